The highest BCUT2D eigenvalue weighted by molar-refractivity contribution is 8.01. The van der Waals surface area contributed by atoms with Crippen molar-refractivity contribution in [3.63, 3.8) is 0 Å². The summed E-state index contributed by atoms with van der Waals surface area (Å²) in [5, 5.41) is 10.1. The molecule has 2 saturated heterocycles. The number of unbranched alkanes of at least 4 members (excludes halogenated alkanes) is 2. The first-order valence-electron chi connectivity index (χ1n) is 8.24. The second kappa shape index (κ2) is 13.2. The molecule has 0 spiro atoms. The van der Waals surface area contributed by atoms with Crippen LogP contribution in [0, 0.1) is 0 Å². The zero-order valence-corrected chi connectivity index (χ0v) is 15.0. The summed E-state index contributed by atoms with van der Waals surface area (Å²) in [6, 6.07) is 0. The molecule has 4 heteroatoms. The molecule has 0 bridgehead atoms. The predicted molar refractivity (Wildman–Crippen MR) is 94.2 cm³/mol. The number of thioether (sulfide) groups is 1. The molecule has 0 aromatic carbocycles. The summed E-state index contributed by atoms with van der Waals surface area (Å²) in [5.74, 6) is 1.43. The van der Waals surface area contributed by atoms with E-state index in [1.807, 2.05) is 6.92 Å². The average molecular weight is 324 g/mol. The van der Waals surface area contributed by atoms with Crippen molar-refractivity contribution in [3.05, 3.63) is 0 Å². The van der Waals surface area contributed by atoms with Crippen LogP contribution in [0.3, 0.4) is 0 Å². The molecule has 2 nitrogen and oxygen atoms in total. The molecule has 0 amide bonds. The normalized spacial score (nSPS) is 23.9. The lowest BCUT2D eigenvalue weighted by Crippen LogP contribution is -2.35. The van der Waals surface area contributed by atoms with Gasteiger partial charge in [-0.1, -0.05) is 32.6 Å². The third kappa shape index (κ3) is 10.3. The van der Waals surface area contributed by atoms with Gasteiger partial charge in [0.15, 0.2) is 0 Å². The van der Waals surface area contributed by atoms with Gasteiger partial charge in [0.05, 0.1) is 6.10 Å². The van der Waals surface area contributed by atoms with Gasteiger partial charge in [-0.15, -0.1) is 12.4 Å². The first-order chi connectivity index (χ1) is 9.22. The summed E-state index contributed by atoms with van der Waals surface area (Å²) in [7, 11) is 0. The minimum absolute atomic E-state index is 0. The standard InChI is InChI=1S/C8H17NO.C8H16S.ClH/c1-8(10)7-9-5-3-2-4-6-9;1-2-3-4-5-8-6-7-9-8;/h8,10H,2-7H2,1H3;8H,2-7H2,1H3;1H. The van der Waals surface area contributed by atoms with E-state index in [1.54, 1.807) is 0 Å². The van der Waals surface area contributed by atoms with Crippen molar-refractivity contribution in [1.82, 2.24) is 4.90 Å². The van der Waals surface area contributed by atoms with Crippen LogP contribution in [0.5, 0.6) is 0 Å². The fourth-order valence-corrected chi connectivity index (χ4v) is 3.55. The van der Waals surface area contributed by atoms with Crippen LogP contribution in [0.1, 0.15) is 65.2 Å². The van der Waals surface area contributed by atoms with Gasteiger partial charge in [0.1, 0.15) is 0 Å². The van der Waals surface area contributed by atoms with E-state index < -0.39 is 0 Å². The Hall–Kier alpha value is 0.560. The summed E-state index contributed by atoms with van der Waals surface area (Å²) in [6.07, 6.45) is 11.1. The maximum atomic E-state index is 9.06. The first kappa shape index (κ1) is 20.6. The maximum Gasteiger partial charge on any atom is 0.0639 e. The van der Waals surface area contributed by atoms with Crippen LogP contribution in [0.4, 0.5) is 0 Å². The average Bonchev–Trinajstić information content (AvgIpc) is 2.34. The van der Waals surface area contributed by atoms with Crippen molar-refractivity contribution >= 4 is 24.2 Å². The van der Waals surface area contributed by atoms with E-state index in [2.05, 4.69) is 23.6 Å². The summed E-state index contributed by atoms with van der Waals surface area (Å²) >= 11 is 2.16. The van der Waals surface area contributed by atoms with Crippen LogP contribution in [0.15, 0.2) is 0 Å². The molecule has 0 aromatic rings. The number of likely N-dealkylation sites (tertiary alicyclic amines) is 1. The first-order valence-corrected chi connectivity index (χ1v) is 9.29. The van der Waals surface area contributed by atoms with Crippen LogP contribution in [0.25, 0.3) is 0 Å². The molecule has 0 radical (unpaired) electrons. The van der Waals surface area contributed by atoms with Crippen molar-refractivity contribution in [3.8, 4) is 0 Å². The highest BCUT2D eigenvalue weighted by Gasteiger charge is 2.16. The van der Waals surface area contributed by atoms with Gasteiger partial charge in [0, 0.05) is 11.8 Å². The Morgan fingerprint density at radius 1 is 1.20 bits per heavy atom. The Balaban J connectivity index is 0.000000345. The number of aliphatic hydroxyl groups excluding tert-OH is 1. The minimum Gasteiger partial charge on any atom is -0.392 e. The molecule has 2 atom stereocenters. The quantitative estimate of drug-likeness (QED) is 0.735. The van der Waals surface area contributed by atoms with Gasteiger partial charge in [-0.2, -0.15) is 11.8 Å². The van der Waals surface area contributed by atoms with Crippen molar-refractivity contribution in [1.29, 1.82) is 0 Å². The zero-order valence-electron chi connectivity index (χ0n) is 13.4. The molecule has 0 aliphatic carbocycles. The van der Waals surface area contributed by atoms with Gasteiger partial charge in [-0.3, -0.25) is 0 Å². The maximum absolute atomic E-state index is 9.06. The summed E-state index contributed by atoms with van der Waals surface area (Å²) in [6.45, 7) is 7.36. The molecule has 2 fully saturated rings. The lowest BCUT2D eigenvalue weighted by Gasteiger charge is -2.27. The smallest absolute Gasteiger partial charge is 0.0639 e. The van der Waals surface area contributed by atoms with E-state index in [1.165, 1.54) is 70.2 Å². The van der Waals surface area contributed by atoms with Crippen molar-refractivity contribution in [2.45, 2.75) is 76.6 Å². The van der Waals surface area contributed by atoms with Gasteiger partial charge < -0.3 is 10.0 Å². The third-order valence-corrected chi connectivity index (χ3v) is 5.31. The second-order valence-corrected chi connectivity index (χ2v) is 7.40. The van der Waals surface area contributed by atoms with Crippen LogP contribution in [-0.4, -0.2) is 46.7 Å². The van der Waals surface area contributed by atoms with Gasteiger partial charge >= 0.3 is 0 Å². The van der Waals surface area contributed by atoms with E-state index >= 15 is 0 Å². The molecule has 2 unspecified atom stereocenters. The van der Waals surface area contributed by atoms with E-state index in [0.717, 1.165) is 11.8 Å². The van der Waals surface area contributed by atoms with Crippen LogP contribution in [-0.2, 0) is 0 Å². The second-order valence-electron chi connectivity index (χ2n) is 5.99. The predicted octanol–water partition coefficient (Wildman–Crippen LogP) is 4.35. The Morgan fingerprint density at radius 3 is 2.30 bits per heavy atom. The van der Waals surface area contributed by atoms with E-state index in [4.69, 9.17) is 5.11 Å². The van der Waals surface area contributed by atoms with Gasteiger partial charge in [0.25, 0.3) is 0 Å². The number of piperidine rings is 1. The number of β-amino-alcohol motifs (C(OH)–C–C–N with tert-alkyl or cyclic N) is 1. The molecule has 20 heavy (non-hydrogen) atoms. The van der Waals surface area contributed by atoms with Gasteiger partial charge in [0.2, 0.25) is 0 Å². The SMILES string of the molecule is CC(O)CN1CCCCC1.CCCCCC1CCS1.Cl. The number of halogens is 1. The van der Waals surface area contributed by atoms with Crippen molar-refractivity contribution in [2.24, 2.45) is 0 Å². The number of aliphatic hydroxyl groups is 1. The third-order valence-electron chi connectivity index (χ3n) is 3.89. The number of hydrogen-bond acceptors (Lipinski definition) is 3. The molecule has 2 rings (SSSR count). The molecule has 122 valence electrons. The zero-order chi connectivity index (χ0) is 13.9. The highest BCUT2D eigenvalue weighted by atomic mass is 35.5. The van der Waals surface area contributed by atoms with Gasteiger partial charge in [-0.05, 0) is 51.4 Å². The summed E-state index contributed by atoms with van der Waals surface area (Å²) in [4.78, 5) is 2.34. The molecular formula is C16H34ClNOS. The Kier molecular flexibility index (Phi) is 13.6. The molecule has 2 heterocycles. The summed E-state index contributed by atoms with van der Waals surface area (Å²) < 4.78 is 0. The minimum atomic E-state index is -0.155. The van der Waals surface area contributed by atoms with E-state index in [-0.39, 0.29) is 18.5 Å². The van der Waals surface area contributed by atoms with Crippen molar-refractivity contribution in [2.75, 3.05) is 25.4 Å². The topological polar surface area (TPSA) is 23.5 Å². The monoisotopic (exact) mass is 323 g/mol. The molecule has 2 aliphatic rings. The fourth-order valence-electron chi connectivity index (χ4n) is 2.65. The Labute approximate surface area is 136 Å². The van der Waals surface area contributed by atoms with E-state index in [0.29, 0.717) is 0 Å². The van der Waals surface area contributed by atoms with Crippen molar-refractivity contribution < 1.29 is 5.11 Å². The van der Waals surface area contributed by atoms with Crippen LogP contribution < -0.4 is 0 Å². The summed E-state index contributed by atoms with van der Waals surface area (Å²) in [5.41, 5.74) is 0. The molecular weight excluding hydrogens is 290 g/mol. The largest absolute Gasteiger partial charge is 0.392 e. The Morgan fingerprint density at radius 2 is 1.85 bits per heavy atom. The molecule has 1 N–H and O–H groups in total. The van der Waals surface area contributed by atoms with Gasteiger partial charge in [-0.25, -0.2) is 0 Å². The molecule has 2 aliphatic heterocycles. The Bertz CT molecular complexity index is 207. The number of nitrogens with zero attached hydrogens (tertiary/aromatic N) is 1. The number of rotatable bonds is 6. The fraction of sp³-hybridized carbons (Fsp3) is 1.00. The molecule has 0 saturated carbocycles. The lowest BCUT2D eigenvalue weighted by molar-refractivity contribution is 0.114. The van der Waals surface area contributed by atoms with Crippen LogP contribution >= 0.6 is 24.2 Å². The highest BCUT2D eigenvalue weighted by Crippen LogP contribution is 2.31. The van der Waals surface area contributed by atoms with E-state index in [9.17, 15) is 0 Å². The molecule has 0 aromatic heterocycles. The lowest BCUT2D eigenvalue weighted by atomic mass is 10.1. The van der Waals surface area contributed by atoms with Crippen LogP contribution in [0.2, 0.25) is 0 Å². The number of hydrogen-bond donors (Lipinski definition) is 1.